The van der Waals surface area contributed by atoms with Crippen molar-refractivity contribution in [2.75, 3.05) is 32.6 Å². The normalized spacial score (nSPS) is 10.5. The standard InChI is InChI=1S/C21H24N4O5/c1-14-8-9-23-19(10-14)24-20(27)12-25(2)21(28)7-5-15-4-6-16(17(11-15)29-3)30-13-18(22)26/h4-11H,12-13H2,1-3H3,(H2,22,26)(H,23,24,27)/b7-5+. The molecule has 9 nitrogen and oxygen atoms in total. The Kier molecular flexibility index (Phi) is 7.92. The number of primary amides is 1. The van der Waals surface area contributed by atoms with E-state index < -0.39 is 5.91 Å². The molecule has 0 saturated carbocycles. The number of nitrogens with two attached hydrogens (primary N) is 1. The van der Waals surface area contributed by atoms with Crippen LogP contribution in [0.4, 0.5) is 5.82 Å². The molecule has 2 rings (SSSR count). The van der Waals surface area contributed by atoms with Gasteiger partial charge in [-0.2, -0.15) is 0 Å². The number of aryl methyl sites for hydroxylation is 1. The molecule has 0 aliphatic heterocycles. The van der Waals surface area contributed by atoms with E-state index in [1.807, 2.05) is 13.0 Å². The van der Waals surface area contributed by atoms with Crippen molar-refractivity contribution in [3.8, 4) is 11.5 Å². The maximum atomic E-state index is 12.3. The van der Waals surface area contributed by atoms with Gasteiger partial charge in [0.1, 0.15) is 5.82 Å². The lowest BCUT2D eigenvalue weighted by atomic mass is 10.2. The molecule has 0 radical (unpaired) electrons. The third kappa shape index (κ3) is 6.93. The molecule has 0 fully saturated rings. The number of ether oxygens (including phenoxy) is 2. The number of benzene rings is 1. The van der Waals surface area contributed by atoms with E-state index in [-0.39, 0.29) is 25.0 Å². The van der Waals surface area contributed by atoms with Gasteiger partial charge in [0.2, 0.25) is 11.8 Å². The Morgan fingerprint density at radius 1 is 1.20 bits per heavy atom. The monoisotopic (exact) mass is 412 g/mol. The molecule has 3 N–H and O–H groups in total. The van der Waals surface area contributed by atoms with Crippen molar-refractivity contribution in [2.45, 2.75) is 6.92 Å². The SMILES string of the molecule is COc1cc(/C=C/C(=O)N(C)CC(=O)Nc2cc(C)ccn2)ccc1OCC(N)=O. The molecule has 0 unspecified atom stereocenters. The number of nitrogens with one attached hydrogen (secondary N) is 1. The average Bonchev–Trinajstić information content (AvgIpc) is 2.70. The molecule has 0 aliphatic carbocycles. The number of carbonyl (C=O) groups is 3. The summed E-state index contributed by atoms with van der Waals surface area (Å²) >= 11 is 0. The second-order valence-corrected chi connectivity index (χ2v) is 6.46. The van der Waals surface area contributed by atoms with Crippen LogP contribution in [-0.4, -0.2) is 54.9 Å². The molecule has 158 valence electrons. The van der Waals surface area contributed by atoms with Crippen LogP contribution in [0.25, 0.3) is 6.08 Å². The highest BCUT2D eigenvalue weighted by atomic mass is 16.5. The zero-order chi connectivity index (χ0) is 22.1. The van der Waals surface area contributed by atoms with Crippen molar-refractivity contribution >= 4 is 29.6 Å². The van der Waals surface area contributed by atoms with Crippen LogP contribution in [-0.2, 0) is 14.4 Å². The summed E-state index contributed by atoms with van der Waals surface area (Å²) in [5, 5.41) is 2.65. The summed E-state index contributed by atoms with van der Waals surface area (Å²) in [4.78, 5) is 40.6. The van der Waals surface area contributed by atoms with E-state index in [0.29, 0.717) is 22.9 Å². The smallest absolute Gasteiger partial charge is 0.255 e. The van der Waals surface area contributed by atoms with Gasteiger partial charge < -0.3 is 25.4 Å². The number of rotatable bonds is 9. The number of hydrogen-bond donors (Lipinski definition) is 2. The van der Waals surface area contributed by atoms with Gasteiger partial charge in [-0.1, -0.05) is 6.07 Å². The first-order chi connectivity index (χ1) is 14.3. The molecule has 0 aliphatic rings. The molecule has 30 heavy (non-hydrogen) atoms. The second-order valence-electron chi connectivity index (χ2n) is 6.46. The van der Waals surface area contributed by atoms with E-state index in [2.05, 4.69) is 10.3 Å². The Morgan fingerprint density at radius 2 is 1.97 bits per heavy atom. The molecule has 0 saturated heterocycles. The van der Waals surface area contributed by atoms with Crippen LogP contribution >= 0.6 is 0 Å². The quantitative estimate of drug-likeness (QED) is 0.600. The first-order valence-electron chi connectivity index (χ1n) is 9.03. The largest absolute Gasteiger partial charge is 0.493 e. The predicted molar refractivity (Wildman–Crippen MR) is 112 cm³/mol. The van der Waals surface area contributed by atoms with Crippen molar-refractivity contribution in [1.29, 1.82) is 0 Å². The summed E-state index contributed by atoms with van der Waals surface area (Å²) in [6.45, 7) is 1.50. The number of anilines is 1. The number of aromatic nitrogens is 1. The fraction of sp³-hybridized carbons (Fsp3) is 0.238. The van der Waals surface area contributed by atoms with Gasteiger partial charge in [-0.05, 0) is 48.4 Å². The van der Waals surface area contributed by atoms with Crippen LogP contribution in [0.3, 0.4) is 0 Å². The van der Waals surface area contributed by atoms with Crippen molar-refractivity contribution in [1.82, 2.24) is 9.88 Å². The Bertz CT molecular complexity index is 958. The van der Waals surface area contributed by atoms with Crippen LogP contribution in [0.5, 0.6) is 11.5 Å². The van der Waals surface area contributed by atoms with Gasteiger partial charge in [-0.15, -0.1) is 0 Å². The van der Waals surface area contributed by atoms with Gasteiger partial charge in [-0.3, -0.25) is 14.4 Å². The second kappa shape index (κ2) is 10.6. The van der Waals surface area contributed by atoms with Crippen molar-refractivity contribution in [2.24, 2.45) is 5.73 Å². The van der Waals surface area contributed by atoms with Crippen LogP contribution in [0.1, 0.15) is 11.1 Å². The number of methoxy groups -OCH3 is 1. The lowest BCUT2D eigenvalue weighted by Gasteiger charge is -2.14. The molecule has 3 amide bonds. The zero-order valence-corrected chi connectivity index (χ0v) is 17.0. The van der Waals surface area contributed by atoms with E-state index in [0.717, 1.165) is 5.56 Å². The number of amides is 3. The van der Waals surface area contributed by atoms with E-state index >= 15 is 0 Å². The molecule has 9 heteroatoms. The molecule has 1 aromatic heterocycles. The number of carbonyl (C=O) groups excluding carboxylic acids is 3. The minimum Gasteiger partial charge on any atom is -0.493 e. The summed E-state index contributed by atoms with van der Waals surface area (Å²) in [5.41, 5.74) is 6.71. The zero-order valence-electron chi connectivity index (χ0n) is 17.0. The minimum absolute atomic E-state index is 0.123. The Morgan fingerprint density at radius 3 is 2.63 bits per heavy atom. The lowest BCUT2D eigenvalue weighted by Crippen LogP contribution is -2.34. The van der Waals surface area contributed by atoms with E-state index in [4.69, 9.17) is 15.2 Å². The van der Waals surface area contributed by atoms with Gasteiger partial charge in [0.05, 0.1) is 13.7 Å². The minimum atomic E-state index is -0.600. The van der Waals surface area contributed by atoms with Gasteiger partial charge in [0.15, 0.2) is 18.1 Å². The summed E-state index contributed by atoms with van der Waals surface area (Å²) in [5.74, 6) is -0.119. The van der Waals surface area contributed by atoms with Crippen LogP contribution in [0, 0.1) is 6.92 Å². The molecule has 1 aromatic carbocycles. The maximum absolute atomic E-state index is 12.3. The van der Waals surface area contributed by atoms with E-state index in [9.17, 15) is 14.4 Å². The number of hydrogen-bond acceptors (Lipinski definition) is 6. The van der Waals surface area contributed by atoms with Crippen molar-refractivity contribution in [3.05, 3.63) is 53.7 Å². The fourth-order valence-electron chi connectivity index (χ4n) is 2.43. The van der Waals surface area contributed by atoms with Gasteiger partial charge in [0, 0.05) is 19.3 Å². The van der Waals surface area contributed by atoms with E-state index in [1.165, 1.54) is 25.1 Å². The highest BCUT2D eigenvalue weighted by molar-refractivity contribution is 5.97. The molecule has 2 aromatic rings. The Labute approximate surface area is 174 Å². The third-order valence-electron chi connectivity index (χ3n) is 3.92. The van der Waals surface area contributed by atoms with Gasteiger partial charge in [-0.25, -0.2) is 4.98 Å². The fourth-order valence-corrected chi connectivity index (χ4v) is 2.43. The van der Waals surface area contributed by atoms with E-state index in [1.54, 1.807) is 36.5 Å². The number of likely N-dealkylation sites (N-methyl/N-ethyl adjacent to an activating group) is 1. The third-order valence-corrected chi connectivity index (χ3v) is 3.92. The lowest BCUT2D eigenvalue weighted by molar-refractivity contribution is -0.129. The van der Waals surface area contributed by atoms with Crippen LogP contribution in [0.2, 0.25) is 0 Å². The summed E-state index contributed by atoms with van der Waals surface area (Å²) < 4.78 is 10.5. The summed E-state index contributed by atoms with van der Waals surface area (Å²) in [6, 6.07) is 8.51. The Balaban J connectivity index is 1.95. The number of nitrogens with zero attached hydrogens (tertiary/aromatic N) is 2. The van der Waals surface area contributed by atoms with Crippen molar-refractivity contribution < 1.29 is 23.9 Å². The highest BCUT2D eigenvalue weighted by Crippen LogP contribution is 2.28. The first kappa shape index (κ1) is 22.4. The highest BCUT2D eigenvalue weighted by Gasteiger charge is 2.12. The first-order valence-corrected chi connectivity index (χ1v) is 9.03. The summed E-state index contributed by atoms with van der Waals surface area (Å²) in [7, 11) is 2.98. The molecular weight excluding hydrogens is 388 g/mol. The van der Waals surface area contributed by atoms with Crippen LogP contribution in [0.15, 0.2) is 42.6 Å². The molecule has 1 heterocycles. The maximum Gasteiger partial charge on any atom is 0.255 e. The van der Waals surface area contributed by atoms with Crippen LogP contribution < -0.4 is 20.5 Å². The predicted octanol–water partition coefficient (Wildman–Crippen LogP) is 1.37. The number of pyridine rings is 1. The summed E-state index contributed by atoms with van der Waals surface area (Å²) in [6.07, 6.45) is 4.52. The Hall–Kier alpha value is -3.88. The van der Waals surface area contributed by atoms with Gasteiger partial charge >= 0.3 is 0 Å². The topological polar surface area (TPSA) is 124 Å². The average molecular weight is 412 g/mol. The molecule has 0 bridgehead atoms. The van der Waals surface area contributed by atoms with Crippen molar-refractivity contribution in [3.63, 3.8) is 0 Å². The van der Waals surface area contributed by atoms with Gasteiger partial charge in [0.25, 0.3) is 5.91 Å². The molecule has 0 atom stereocenters. The molecule has 0 spiro atoms. The molecular formula is C21H24N4O5.